The first-order chi connectivity index (χ1) is 6.72. The topological polar surface area (TPSA) is 63.8 Å². The van der Waals surface area contributed by atoms with Gasteiger partial charge in [0.2, 0.25) is 0 Å². The Kier molecular flexibility index (Phi) is 4.32. The van der Waals surface area contributed by atoms with Gasteiger partial charge < -0.3 is 11.1 Å². The Bertz CT molecular complexity index is 275. The molecule has 0 saturated heterocycles. The molecule has 0 radical (unpaired) electrons. The molecule has 1 rings (SSSR count). The van der Waals surface area contributed by atoms with Gasteiger partial charge in [-0.25, -0.2) is 9.97 Å². The minimum Gasteiger partial charge on any atom is -0.368 e. The normalized spacial score (nSPS) is 12.5. The molecule has 0 aliphatic rings. The summed E-state index contributed by atoms with van der Waals surface area (Å²) in [4.78, 5) is 8.31. The standard InChI is InChI=1S/C10H18N4/c1-8(4-3-6-11)13-10-5-7-12-9(2)14-10/h5,7-8H,3-4,6,11H2,1-2H3,(H,12,13,14). The zero-order chi connectivity index (χ0) is 10.4. The van der Waals surface area contributed by atoms with Crippen molar-refractivity contribution >= 4 is 5.82 Å². The largest absolute Gasteiger partial charge is 0.368 e. The second-order valence-corrected chi connectivity index (χ2v) is 3.47. The third kappa shape index (κ3) is 3.70. The van der Waals surface area contributed by atoms with Crippen LogP contribution in [0.3, 0.4) is 0 Å². The van der Waals surface area contributed by atoms with Crippen LogP contribution < -0.4 is 11.1 Å². The highest BCUT2D eigenvalue weighted by Gasteiger charge is 2.01. The van der Waals surface area contributed by atoms with Crippen molar-refractivity contribution < 1.29 is 0 Å². The summed E-state index contributed by atoms with van der Waals surface area (Å²) in [6.45, 7) is 4.76. The molecule has 1 heterocycles. The quantitative estimate of drug-likeness (QED) is 0.742. The average molecular weight is 194 g/mol. The first-order valence-electron chi connectivity index (χ1n) is 4.98. The summed E-state index contributed by atoms with van der Waals surface area (Å²) in [5, 5.41) is 3.31. The molecule has 0 spiro atoms. The zero-order valence-electron chi connectivity index (χ0n) is 8.83. The van der Waals surface area contributed by atoms with Crippen LogP contribution in [-0.2, 0) is 0 Å². The molecule has 0 aromatic carbocycles. The minimum atomic E-state index is 0.410. The molecule has 1 aromatic heterocycles. The summed E-state index contributed by atoms with van der Waals surface area (Å²) in [5.41, 5.74) is 5.44. The molecule has 14 heavy (non-hydrogen) atoms. The van der Waals surface area contributed by atoms with Gasteiger partial charge in [0.25, 0.3) is 0 Å². The summed E-state index contributed by atoms with van der Waals surface area (Å²) in [6, 6.07) is 2.29. The molecule has 3 N–H and O–H groups in total. The Hall–Kier alpha value is -1.16. The Labute approximate surface area is 85.0 Å². The van der Waals surface area contributed by atoms with Crippen molar-refractivity contribution in [1.82, 2.24) is 9.97 Å². The van der Waals surface area contributed by atoms with Crippen molar-refractivity contribution in [3.05, 3.63) is 18.1 Å². The molecule has 0 fully saturated rings. The van der Waals surface area contributed by atoms with Crippen molar-refractivity contribution in [3.63, 3.8) is 0 Å². The number of hydrogen-bond acceptors (Lipinski definition) is 4. The third-order valence-electron chi connectivity index (χ3n) is 2.01. The van der Waals surface area contributed by atoms with Crippen LogP contribution in [0.5, 0.6) is 0 Å². The van der Waals surface area contributed by atoms with E-state index < -0.39 is 0 Å². The summed E-state index contributed by atoms with van der Waals surface area (Å²) < 4.78 is 0. The summed E-state index contributed by atoms with van der Waals surface area (Å²) in [5.74, 6) is 1.68. The van der Waals surface area contributed by atoms with E-state index in [9.17, 15) is 0 Å². The molecule has 0 aliphatic carbocycles. The maximum atomic E-state index is 5.44. The lowest BCUT2D eigenvalue weighted by Gasteiger charge is -2.13. The lowest BCUT2D eigenvalue weighted by atomic mass is 10.2. The van der Waals surface area contributed by atoms with Gasteiger partial charge in [-0.2, -0.15) is 0 Å². The maximum absolute atomic E-state index is 5.44. The Morgan fingerprint density at radius 1 is 1.57 bits per heavy atom. The molecule has 0 aliphatic heterocycles. The van der Waals surface area contributed by atoms with Crippen LogP contribution in [0.25, 0.3) is 0 Å². The Balaban J connectivity index is 2.43. The highest BCUT2D eigenvalue weighted by atomic mass is 15.0. The predicted molar refractivity (Wildman–Crippen MR) is 58.1 cm³/mol. The molecule has 1 unspecified atom stereocenters. The van der Waals surface area contributed by atoms with Crippen LogP contribution in [0.2, 0.25) is 0 Å². The number of nitrogens with zero attached hydrogens (tertiary/aromatic N) is 2. The first-order valence-corrected chi connectivity index (χ1v) is 4.98. The van der Waals surface area contributed by atoms with E-state index in [0.717, 1.165) is 31.0 Å². The monoisotopic (exact) mass is 194 g/mol. The fourth-order valence-corrected chi connectivity index (χ4v) is 1.29. The number of anilines is 1. The summed E-state index contributed by atoms with van der Waals surface area (Å²) in [6.07, 6.45) is 3.87. The number of rotatable bonds is 5. The molecule has 4 nitrogen and oxygen atoms in total. The van der Waals surface area contributed by atoms with Crippen molar-refractivity contribution in [1.29, 1.82) is 0 Å². The Morgan fingerprint density at radius 3 is 3.00 bits per heavy atom. The van der Waals surface area contributed by atoms with Gasteiger partial charge in [0.05, 0.1) is 0 Å². The molecule has 0 saturated carbocycles. The van der Waals surface area contributed by atoms with E-state index in [2.05, 4.69) is 22.2 Å². The van der Waals surface area contributed by atoms with E-state index in [4.69, 9.17) is 5.73 Å². The molecular formula is C10H18N4. The predicted octanol–water partition coefficient (Wildman–Crippen LogP) is 1.32. The average Bonchev–Trinajstić information content (AvgIpc) is 2.15. The molecule has 4 heteroatoms. The van der Waals surface area contributed by atoms with Gasteiger partial charge in [0.15, 0.2) is 0 Å². The fraction of sp³-hybridized carbons (Fsp3) is 0.600. The van der Waals surface area contributed by atoms with Gasteiger partial charge in [0.1, 0.15) is 11.6 Å². The van der Waals surface area contributed by atoms with Crippen LogP contribution in [0.4, 0.5) is 5.82 Å². The number of aryl methyl sites for hydroxylation is 1. The number of hydrogen-bond donors (Lipinski definition) is 2. The zero-order valence-corrected chi connectivity index (χ0v) is 8.83. The van der Waals surface area contributed by atoms with E-state index in [1.807, 2.05) is 13.0 Å². The smallest absolute Gasteiger partial charge is 0.129 e. The van der Waals surface area contributed by atoms with Crippen molar-refractivity contribution in [2.24, 2.45) is 5.73 Å². The minimum absolute atomic E-state index is 0.410. The number of nitrogens with two attached hydrogens (primary N) is 1. The van der Waals surface area contributed by atoms with Gasteiger partial charge in [-0.3, -0.25) is 0 Å². The van der Waals surface area contributed by atoms with E-state index in [1.165, 1.54) is 0 Å². The maximum Gasteiger partial charge on any atom is 0.129 e. The van der Waals surface area contributed by atoms with Crippen LogP contribution in [0.15, 0.2) is 12.3 Å². The van der Waals surface area contributed by atoms with Crippen LogP contribution in [0, 0.1) is 6.92 Å². The van der Waals surface area contributed by atoms with E-state index >= 15 is 0 Å². The highest BCUT2D eigenvalue weighted by molar-refractivity contribution is 5.33. The van der Waals surface area contributed by atoms with Gasteiger partial charge in [0, 0.05) is 12.2 Å². The van der Waals surface area contributed by atoms with Crippen LogP contribution >= 0.6 is 0 Å². The summed E-state index contributed by atoms with van der Waals surface area (Å²) >= 11 is 0. The third-order valence-corrected chi connectivity index (χ3v) is 2.01. The van der Waals surface area contributed by atoms with Crippen molar-refractivity contribution in [3.8, 4) is 0 Å². The Morgan fingerprint density at radius 2 is 2.36 bits per heavy atom. The molecule has 78 valence electrons. The van der Waals surface area contributed by atoms with Gasteiger partial charge in [-0.05, 0) is 39.3 Å². The van der Waals surface area contributed by atoms with Crippen molar-refractivity contribution in [2.45, 2.75) is 32.7 Å². The highest BCUT2D eigenvalue weighted by Crippen LogP contribution is 2.06. The molecule has 1 atom stereocenters. The number of aromatic nitrogens is 2. The van der Waals surface area contributed by atoms with Gasteiger partial charge >= 0.3 is 0 Å². The van der Waals surface area contributed by atoms with E-state index in [1.54, 1.807) is 6.20 Å². The van der Waals surface area contributed by atoms with E-state index in [0.29, 0.717) is 6.04 Å². The van der Waals surface area contributed by atoms with Gasteiger partial charge in [-0.15, -0.1) is 0 Å². The van der Waals surface area contributed by atoms with Gasteiger partial charge in [-0.1, -0.05) is 0 Å². The second kappa shape index (κ2) is 5.54. The molecular weight excluding hydrogens is 176 g/mol. The SMILES string of the molecule is Cc1nccc(NC(C)CCCN)n1. The lowest BCUT2D eigenvalue weighted by molar-refractivity contribution is 0.660. The fourth-order valence-electron chi connectivity index (χ4n) is 1.29. The van der Waals surface area contributed by atoms with Crippen LogP contribution in [0.1, 0.15) is 25.6 Å². The van der Waals surface area contributed by atoms with Crippen molar-refractivity contribution in [2.75, 3.05) is 11.9 Å². The van der Waals surface area contributed by atoms with Crippen LogP contribution in [-0.4, -0.2) is 22.6 Å². The molecule has 0 amide bonds. The lowest BCUT2D eigenvalue weighted by Crippen LogP contribution is -2.17. The van der Waals surface area contributed by atoms with E-state index in [-0.39, 0.29) is 0 Å². The second-order valence-electron chi connectivity index (χ2n) is 3.47. The molecule has 0 bridgehead atoms. The first kappa shape index (κ1) is 10.9. The number of nitrogens with one attached hydrogen (secondary N) is 1. The molecule has 1 aromatic rings. The summed E-state index contributed by atoms with van der Waals surface area (Å²) in [7, 11) is 0.